The Morgan fingerprint density at radius 2 is 1.47 bits per heavy atom. The molecule has 5 rings (SSSR count). The highest BCUT2D eigenvalue weighted by molar-refractivity contribution is 7.89. The Labute approximate surface area is 199 Å². The first-order chi connectivity index (χ1) is 16.5. The van der Waals surface area contributed by atoms with Gasteiger partial charge in [0.2, 0.25) is 16.0 Å². The third kappa shape index (κ3) is 4.83. The van der Waals surface area contributed by atoms with Crippen LogP contribution in [0.2, 0.25) is 0 Å². The molecule has 34 heavy (non-hydrogen) atoms. The SMILES string of the molecule is O=S(=O)(CCc1ccccc1)N1CCN(c2nc3ccccc3n2Cc2ccc(F)cc2)CC1. The Bertz CT molecular complexity index is 1360. The van der Waals surface area contributed by atoms with Crippen molar-refractivity contribution in [2.24, 2.45) is 0 Å². The zero-order chi connectivity index (χ0) is 23.5. The summed E-state index contributed by atoms with van der Waals surface area (Å²) >= 11 is 0. The van der Waals surface area contributed by atoms with Gasteiger partial charge >= 0.3 is 0 Å². The van der Waals surface area contributed by atoms with Crippen LogP contribution in [0, 0.1) is 5.82 Å². The van der Waals surface area contributed by atoms with Crippen molar-refractivity contribution in [1.29, 1.82) is 0 Å². The normalized spacial score (nSPS) is 15.1. The molecule has 1 fully saturated rings. The van der Waals surface area contributed by atoms with Crippen LogP contribution in [0.25, 0.3) is 11.0 Å². The number of aryl methyl sites for hydroxylation is 1. The molecule has 2 heterocycles. The number of nitrogens with zero attached hydrogens (tertiary/aromatic N) is 4. The summed E-state index contributed by atoms with van der Waals surface area (Å²) in [5.74, 6) is 0.663. The fraction of sp³-hybridized carbons (Fsp3) is 0.269. The molecule has 8 heteroatoms. The zero-order valence-electron chi connectivity index (χ0n) is 18.8. The second-order valence-electron chi connectivity index (χ2n) is 8.55. The first-order valence-electron chi connectivity index (χ1n) is 11.5. The first-order valence-corrected chi connectivity index (χ1v) is 13.1. The minimum absolute atomic E-state index is 0.111. The molecule has 0 spiro atoms. The minimum atomic E-state index is -3.33. The van der Waals surface area contributed by atoms with Crippen LogP contribution >= 0.6 is 0 Å². The second-order valence-corrected chi connectivity index (χ2v) is 10.6. The van der Waals surface area contributed by atoms with Crippen molar-refractivity contribution in [1.82, 2.24) is 13.9 Å². The van der Waals surface area contributed by atoms with Gasteiger partial charge in [0.1, 0.15) is 5.82 Å². The summed E-state index contributed by atoms with van der Waals surface area (Å²) in [6, 6.07) is 24.1. The number of aromatic nitrogens is 2. The first kappa shape index (κ1) is 22.6. The molecule has 0 aliphatic carbocycles. The Morgan fingerprint density at radius 3 is 2.21 bits per heavy atom. The molecular formula is C26H27FN4O2S. The monoisotopic (exact) mass is 478 g/mol. The lowest BCUT2D eigenvalue weighted by Crippen LogP contribution is -2.50. The van der Waals surface area contributed by atoms with Gasteiger partial charge in [0.05, 0.1) is 23.3 Å². The van der Waals surface area contributed by atoms with E-state index < -0.39 is 10.0 Å². The average Bonchev–Trinajstić information content (AvgIpc) is 3.23. The van der Waals surface area contributed by atoms with Gasteiger partial charge in [-0.1, -0.05) is 54.6 Å². The summed E-state index contributed by atoms with van der Waals surface area (Å²) in [5.41, 5.74) is 3.89. The topological polar surface area (TPSA) is 58.4 Å². The van der Waals surface area contributed by atoms with Gasteiger partial charge in [0, 0.05) is 26.2 Å². The number of hydrogen-bond acceptors (Lipinski definition) is 4. The van der Waals surface area contributed by atoms with Gasteiger partial charge in [-0.15, -0.1) is 0 Å². The zero-order valence-corrected chi connectivity index (χ0v) is 19.7. The van der Waals surface area contributed by atoms with E-state index in [0.29, 0.717) is 39.1 Å². The largest absolute Gasteiger partial charge is 0.340 e. The van der Waals surface area contributed by atoms with Crippen molar-refractivity contribution in [2.75, 3.05) is 36.8 Å². The molecule has 0 radical (unpaired) electrons. The van der Waals surface area contributed by atoms with E-state index in [0.717, 1.165) is 28.1 Å². The van der Waals surface area contributed by atoms with Gasteiger partial charge in [-0.2, -0.15) is 4.31 Å². The highest BCUT2D eigenvalue weighted by Crippen LogP contribution is 2.25. The Hall–Kier alpha value is -3.23. The van der Waals surface area contributed by atoms with Crippen LogP contribution in [0.5, 0.6) is 0 Å². The number of benzene rings is 3. The number of rotatable bonds is 7. The lowest BCUT2D eigenvalue weighted by Gasteiger charge is -2.35. The third-order valence-electron chi connectivity index (χ3n) is 6.29. The molecule has 4 aromatic rings. The lowest BCUT2D eigenvalue weighted by molar-refractivity contribution is 0.381. The molecule has 0 N–H and O–H groups in total. The highest BCUT2D eigenvalue weighted by Gasteiger charge is 2.29. The lowest BCUT2D eigenvalue weighted by atomic mass is 10.2. The number of halogens is 1. The maximum Gasteiger partial charge on any atom is 0.214 e. The molecule has 0 bridgehead atoms. The third-order valence-corrected chi connectivity index (χ3v) is 8.17. The van der Waals surface area contributed by atoms with Crippen molar-refractivity contribution < 1.29 is 12.8 Å². The quantitative estimate of drug-likeness (QED) is 0.404. The predicted octanol–water partition coefficient (Wildman–Crippen LogP) is 3.92. The number of anilines is 1. The molecule has 6 nitrogen and oxygen atoms in total. The summed E-state index contributed by atoms with van der Waals surface area (Å²) in [5, 5.41) is 0. The Balaban J connectivity index is 1.32. The standard InChI is InChI=1S/C26H27FN4O2S/c27-23-12-10-22(11-13-23)20-31-25-9-5-4-8-24(25)28-26(31)29-15-17-30(18-16-29)34(32,33)19-14-21-6-2-1-3-7-21/h1-13H,14-20H2. The fourth-order valence-corrected chi connectivity index (χ4v) is 5.89. The smallest absolute Gasteiger partial charge is 0.214 e. The van der Waals surface area contributed by atoms with E-state index in [4.69, 9.17) is 4.98 Å². The van der Waals surface area contributed by atoms with Gasteiger partial charge in [-0.3, -0.25) is 0 Å². The Morgan fingerprint density at radius 1 is 0.794 bits per heavy atom. The number of para-hydroxylation sites is 2. The number of piperazine rings is 1. The molecule has 0 unspecified atom stereocenters. The van der Waals surface area contributed by atoms with Gasteiger partial charge in [-0.25, -0.2) is 17.8 Å². The predicted molar refractivity (Wildman–Crippen MR) is 133 cm³/mol. The van der Waals surface area contributed by atoms with Gasteiger partial charge in [0.15, 0.2) is 0 Å². The van der Waals surface area contributed by atoms with E-state index in [-0.39, 0.29) is 11.6 Å². The van der Waals surface area contributed by atoms with Gasteiger partial charge in [0.25, 0.3) is 0 Å². The maximum atomic E-state index is 13.4. The minimum Gasteiger partial charge on any atom is -0.340 e. The van der Waals surface area contributed by atoms with Crippen molar-refractivity contribution >= 4 is 27.0 Å². The van der Waals surface area contributed by atoms with E-state index in [9.17, 15) is 12.8 Å². The molecule has 0 saturated carbocycles. The number of sulfonamides is 1. The second kappa shape index (κ2) is 9.56. The molecule has 1 saturated heterocycles. The van der Waals surface area contributed by atoms with Crippen LogP contribution in [-0.2, 0) is 23.0 Å². The van der Waals surface area contributed by atoms with E-state index in [1.165, 1.54) is 12.1 Å². The molecule has 1 aromatic heterocycles. The summed E-state index contributed by atoms with van der Waals surface area (Å²) in [4.78, 5) is 7.01. The molecule has 176 valence electrons. The fourth-order valence-electron chi connectivity index (χ4n) is 4.42. The van der Waals surface area contributed by atoms with Crippen LogP contribution in [-0.4, -0.2) is 54.2 Å². The van der Waals surface area contributed by atoms with Crippen molar-refractivity contribution in [2.45, 2.75) is 13.0 Å². The number of imidazole rings is 1. The molecular weight excluding hydrogens is 451 g/mol. The maximum absolute atomic E-state index is 13.4. The summed E-state index contributed by atoms with van der Waals surface area (Å²) in [7, 11) is -3.33. The Kier molecular flexibility index (Phi) is 6.34. The molecule has 3 aromatic carbocycles. The summed E-state index contributed by atoms with van der Waals surface area (Å²) < 4.78 is 43.0. The average molecular weight is 479 g/mol. The van der Waals surface area contributed by atoms with E-state index >= 15 is 0 Å². The van der Waals surface area contributed by atoms with E-state index in [1.807, 2.05) is 54.6 Å². The van der Waals surface area contributed by atoms with E-state index in [1.54, 1.807) is 16.4 Å². The highest BCUT2D eigenvalue weighted by atomic mass is 32.2. The van der Waals surface area contributed by atoms with Crippen LogP contribution in [0.3, 0.4) is 0 Å². The number of fused-ring (bicyclic) bond motifs is 1. The van der Waals surface area contributed by atoms with Crippen molar-refractivity contribution in [3.05, 3.63) is 95.8 Å². The number of hydrogen-bond donors (Lipinski definition) is 0. The van der Waals surface area contributed by atoms with Crippen LogP contribution in [0.4, 0.5) is 10.3 Å². The van der Waals surface area contributed by atoms with Crippen LogP contribution in [0.15, 0.2) is 78.9 Å². The molecule has 0 atom stereocenters. The molecule has 1 aliphatic rings. The van der Waals surface area contributed by atoms with Gasteiger partial charge in [-0.05, 0) is 41.8 Å². The summed E-state index contributed by atoms with van der Waals surface area (Å²) in [6.07, 6.45) is 0.511. The van der Waals surface area contributed by atoms with Crippen molar-refractivity contribution in [3.8, 4) is 0 Å². The van der Waals surface area contributed by atoms with Crippen LogP contribution < -0.4 is 4.90 Å². The van der Waals surface area contributed by atoms with Crippen LogP contribution in [0.1, 0.15) is 11.1 Å². The van der Waals surface area contributed by atoms with Gasteiger partial charge < -0.3 is 9.47 Å². The summed E-state index contributed by atoms with van der Waals surface area (Å²) in [6.45, 7) is 2.55. The van der Waals surface area contributed by atoms with Crippen molar-refractivity contribution in [3.63, 3.8) is 0 Å². The molecule has 0 amide bonds. The molecule has 1 aliphatic heterocycles. The van der Waals surface area contributed by atoms with E-state index in [2.05, 4.69) is 9.47 Å².